The number of nitrogens with zero attached hydrogens (tertiary/aromatic N) is 3. The molecule has 2 aromatic carbocycles. The molecule has 0 aliphatic rings. The van der Waals surface area contributed by atoms with E-state index >= 15 is 0 Å². The third-order valence-electron chi connectivity index (χ3n) is 2.74. The van der Waals surface area contributed by atoms with E-state index in [0.717, 1.165) is 5.56 Å². The molecule has 0 atom stereocenters. The Balaban J connectivity index is 2.12. The zero-order valence-corrected chi connectivity index (χ0v) is 11.1. The van der Waals surface area contributed by atoms with Crippen LogP contribution in [-0.4, -0.2) is 20.1 Å². The first kappa shape index (κ1) is 12.6. The summed E-state index contributed by atoms with van der Waals surface area (Å²) in [5, 5.41) is 9.65. The van der Waals surface area contributed by atoms with Crippen molar-refractivity contribution in [2.45, 2.75) is 0 Å². The molecule has 1 aromatic heterocycles. The van der Waals surface area contributed by atoms with Crippen LogP contribution in [0.5, 0.6) is 5.75 Å². The van der Waals surface area contributed by atoms with Crippen LogP contribution in [0.25, 0.3) is 22.8 Å². The minimum absolute atomic E-state index is 0.122. The predicted octanol–water partition coefficient (Wildman–Crippen LogP) is 3.56. The van der Waals surface area contributed by atoms with Crippen molar-refractivity contribution in [3.8, 4) is 28.5 Å². The molecule has 0 radical (unpaired) electrons. The van der Waals surface area contributed by atoms with Gasteiger partial charge in [-0.15, -0.1) is 0 Å². The lowest BCUT2D eigenvalue weighted by Gasteiger charge is -2.05. The Morgan fingerprint density at radius 3 is 2.10 bits per heavy atom. The largest absolute Gasteiger partial charge is 0.508 e. The molecule has 3 aromatic rings. The number of phenolic OH excluding ortho intramolecular Hbond substituents is 1. The normalized spacial score (nSPS) is 10.4. The molecule has 0 spiro atoms. The number of hydrogen-bond donors (Lipinski definition) is 1. The third-order valence-corrected chi connectivity index (χ3v) is 2.91. The molecule has 0 saturated heterocycles. The highest BCUT2D eigenvalue weighted by molar-refractivity contribution is 6.28. The fourth-order valence-electron chi connectivity index (χ4n) is 1.84. The summed E-state index contributed by atoms with van der Waals surface area (Å²) in [5.41, 5.74) is 1.55. The van der Waals surface area contributed by atoms with Gasteiger partial charge >= 0.3 is 0 Å². The Kier molecular flexibility index (Phi) is 3.31. The van der Waals surface area contributed by atoms with Gasteiger partial charge in [-0.05, 0) is 23.7 Å². The van der Waals surface area contributed by atoms with Crippen molar-refractivity contribution in [2.24, 2.45) is 0 Å². The number of aromatic nitrogens is 3. The lowest BCUT2D eigenvalue weighted by atomic mass is 10.2. The molecule has 0 fully saturated rings. The highest BCUT2D eigenvalue weighted by Gasteiger charge is 2.09. The summed E-state index contributed by atoms with van der Waals surface area (Å²) in [6.45, 7) is 0. The van der Waals surface area contributed by atoms with Gasteiger partial charge in [0.15, 0.2) is 11.6 Å². The van der Waals surface area contributed by atoms with E-state index in [4.69, 9.17) is 11.6 Å². The molecular weight excluding hydrogens is 274 g/mol. The van der Waals surface area contributed by atoms with Crippen molar-refractivity contribution in [2.75, 3.05) is 0 Å². The highest BCUT2D eigenvalue weighted by atomic mass is 35.5. The van der Waals surface area contributed by atoms with Crippen LogP contribution in [0, 0.1) is 0 Å². The van der Waals surface area contributed by atoms with E-state index in [1.165, 1.54) is 0 Å². The molecule has 0 unspecified atom stereocenters. The van der Waals surface area contributed by atoms with Crippen molar-refractivity contribution in [3.63, 3.8) is 0 Å². The van der Waals surface area contributed by atoms with Gasteiger partial charge in [0.1, 0.15) is 5.75 Å². The second-order valence-corrected chi connectivity index (χ2v) is 4.51. The van der Waals surface area contributed by atoms with Crippen molar-refractivity contribution >= 4 is 11.6 Å². The minimum Gasteiger partial charge on any atom is -0.508 e. The van der Waals surface area contributed by atoms with Crippen LogP contribution in [0.3, 0.4) is 0 Å². The quantitative estimate of drug-likeness (QED) is 0.781. The summed E-state index contributed by atoms with van der Waals surface area (Å²) >= 11 is 5.96. The van der Waals surface area contributed by atoms with Gasteiger partial charge in [0.25, 0.3) is 0 Å². The number of rotatable bonds is 2. The van der Waals surface area contributed by atoms with Gasteiger partial charge in [-0.3, -0.25) is 0 Å². The van der Waals surface area contributed by atoms with Gasteiger partial charge in [0.05, 0.1) is 0 Å². The van der Waals surface area contributed by atoms with Gasteiger partial charge in [0.2, 0.25) is 5.28 Å². The summed E-state index contributed by atoms with van der Waals surface area (Å²) in [6.07, 6.45) is 0. The Morgan fingerprint density at radius 1 is 0.750 bits per heavy atom. The molecule has 0 saturated carbocycles. The lowest BCUT2D eigenvalue weighted by Crippen LogP contribution is -1.96. The van der Waals surface area contributed by atoms with Gasteiger partial charge in [-0.1, -0.05) is 42.5 Å². The van der Waals surface area contributed by atoms with Gasteiger partial charge in [0, 0.05) is 11.1 Å². The number of phenols is 1. The first-order valence-electron chi connectivity index (χ1n) is 5.99. The number of hydrogen-bond acceptors (Lipinski definition) is 4. The van der Waals surface area contributed by atoms with E-state index in [1.807, 2.05) is 30.3 Å². The maximum absolute atomic E-state index is 9.53. The van der Waals surface area contributed by atoms with Gasteiger partial charge < -0.3 is 5.11 Å². The number of benzene rings is 2. The first-order valence-corrected chi connectivity index (χ1v) is 6.36. The SMILES string of the molecule is Oc1cccc(-c2nc(Cl)nc(-c3ccccc3)n2)c1. The summed E-state index contributed by atoms with van der Waals surface area (Å²) in [4.78, 5) is 12.6. The summed E-state index contributed by atoms with van der Waals surface area (Å²) < 4.78 is 0. The lowest BCUT2D eigenvalue weighted by molar-refractivity contribution is 0.475. The number of aromatic hydroxyl groups is 1. The van der Waals surface area contributed by atoms with Crippen LogP contribution in [0.4, 0.5) is 0 Å². The Morgan fingerprint density at radius 2 is 1.40 bits per heavy atom. The maximum Gasteiger partial charge on any atom is 0.226 e. The van der Waals surface area contributed by atoms with Crippen LogP contribution < -0.4 is 0 Å². The van der Waals surface area contributed by atoms with Gasteiger partial charge in [-0.25, -0.2) is 4.98 Å². The first-order chi connectivity index (χ1) is 9.72. The smallest absolute Gasteiger partial charge is 0.226 e. The van der Waals surface area contributed by atoms with Crippen LogP contribution in [0.15, 0.2) is 54.6 Å². The van der Waals surface area contributed by atoms with Crippen LogP contribution in [0.2, 0.25) is 5.28 Å². The van der Waals surface area contributed by atoms with E-state index < -0.39 is 0 Å². The zero-order valence-electron chi connectivity index (χ0n) is 10.4. The molecule has 1 N–H and O–H groups in total. The average Bonchev–Trinajstić information content (AvgIpc) is 2.47. The summed E-state index contributed by atoms with van der Waals surface area (Å²) in [6, 6.07) is 16.2. The van der Waals surface area contributed by atoms with E-state index in [0.29, 0.717) is 17.2 Å². The van der Waals surface area contributed by atoms with Crippen LogP contribution in [0.1, 0.15) is 0 Å². The molecular formula is C15H10ClN3O. The highest BCUT2D eigenvalue weighted by Crippen LogP contribution is 2.23. The topological polar surface area (TPSA) is 58.9 Å². The minimum atomic E-state index is 0.122. The van der Waals surface area contributed by atoms with Crippen molar-refractivity contribution in [3.05, 3.63) is 59.9 Å². The van der Waals surface area contributed by atoms with Crippen LogP contribution >= 0.6 is 11.6 Å². The molecule has 5 heteroatoms. The molecule has 3 rings (SSSR count). The number of halogens is 1. The second kappa shape index (κ2) is 5.27. The van der Waals surface area contributed by atoms with E-state index in [9.17, 15) is 5.11 Å². The predicted molar refractivity (Wildman–Crippen MR) is 77.4 cm³/mol. The fourth-order valence-corrected chi connectivity index (χ4v) is 2.00. The fraction of sp³-hybridized carbons (Fsp3) is 0. The maximum atomic E-state index is 9.53. The molecule has 1 heterocycles. The third kappa shape index (κ3) is 2.60. The molecule has 20 heavy (non-hydrogen) atoms. The van der Waals surface area contributed by atoms with Crippen molar-refractivity contribution in [1.82, 2.24) is 15.0 Å². The van der Waals surface area contributed by atoms with Crippen molar-refractivity contribution < 1.29 is 5.11 Å². The Labute approximate surface area is 120 Å². The molecule has 98 valence electrons. The molecule has 0 amide bonds. The monoisotopic (exact) mass is 283 g/mol. The Hall–Kier alpha value is -2.46. The van der Waals surface area contributed by atoms with E-state index in [1.54, 1.807) is 24.3 Å². The molecule has 0 aliphatic heterocycles. The van der Waals surface area contributed by atoms with Crippen LogP contribution in [-0.2, 0) is 0 Å². The van der Waals surface area contributed by atoms with Crippen molar-refractivity contribution in [1.29, 1.82) is 0 Å². The molecule has 4 nitrogen and oxygen atoms in total. The molecule has 0 aliphatic carbocycles. The average molecular weight is 284 g/mol. The van der Waals surface area contributed by atoms with E-state index in [2.05, 4.69) is 15.0 Å². The standard InChI is InChI=1S/C15H10ClN3O/c16-15-18-13(10-5-2-1-3-6-10)17-14(19-15)11-7-4-8-12(20)9-11/h1-9,20H. The second-order valence-electron chi connectivity index (χ2n) is 4.17. The molecule has 0 bridgehead atoms. The summed E-state index contributed by atoms with van der Waals surface area (Å²) in [5.74, 6) is 1.09. The van der Waals surface area contributed by atoms with Gasteiger partial charge in [-0.2, -0.15) is 9.97 Å². The summed E-state index contributed by atoms with van der Waals surface area (Å²) in [7, 11) is 0. The zero-order chi connectivity index (χ0) is 13.9. The van der Waals surface area contributed by atoms with E-state index in [-0.39, 0.29) is 11.0 Å². The Bertz CT molecular complexity index is 747.